The van der Waals surface area contributed by atoms with Crippen molar-refractivity contribution in [1.29, 1.82) is 0 Å². The molecular weight excluding hydrogens is 530 g/mol. The smallest absolute Gasteiger partial charge is 0.300 e. The van der Waals surface area contributed by atoms with Crippen molar-refractivity contribution in [1.82, 2.24) is 5.32 Å². The Morgan fingerprint density at radius 2 is 1.75 bits per heavy atom. The maximum Gasteiger partial charge on any atom is 0.300 e. The van der Waals surface area contributed by atoms with Gasteiger partial charge in [0.15, 0.2) is 0 Å². The van der Waals surface area contributed by atoms with Crippen molar-refractivity contribution < 1.29 is 34.7 Å². The summed E-state index contributed by atoms with van der Waals surface area (Å²) in [6.07, 6.45) is 9.11. The number of aliphatic hydroxyl groups excluding tert-OH is 2. The van der Waals surface area contributed by atoms with Crippen LogP contribution in [0.2, 0.25) is 0 Å². The minimum atomic E-state index is -0.833. The summed E-state index contributed by atoms with van der Waals surface area (Å²) in [5.74, 6) is -0.785. The zero-order valence-corrected chi connectivity index (χ0v) is 24.5. The van der Waals surface area contributed by atoms with E-state index >= 15 is 0 Å². The van der Waals surface area contributed by atoms with E-state index in [1.54, 1.807) is 12.1 Å². The number of hydrogen-bond acceptors (Lipinski definition) is 8. The van der Waals surface area contributed by atoms with Gasteiger partial charge in [-0.15, -0.1) is 11.8 Å². The second-order valence-electron chi connectivity index (χ2n) is 10.0. The number of carboxylic acids is 1. The van der Waals surface area contributed by atoms with Gasteiger partial charge in [-0.1, -0.05) is 43.9 Å². The average Bonchev–Trinajstić information content (AvgIpc) is 3.44. The van der Waals surface area contributed by atoms with E-state index in [1.165, 1.54) is 42.2 Å². The van der Waals surface area contributed by atoms with Crippen LogP contribution in [0.5, 0.6) is 5.75 Å². The molecule has 0 bridgehead atoms. The summed E-state index contributed by atoms with van der Waals surface area (Å²) in [5, 5.41) is 40.6. The lowest BCUT2D eigenvalue weighted by Gasteiger charge is -2.14. The molecule has 0 spiro atoms. The molecule has 0 saturated heterocycles. The van der Waals surface area contributed by atoms with E-state index in [0.717, 1.165) is 51.0 Å². The van der Waals surface area contributed by atoms with Crippen molar-refractivity contribution in [2.75, 3.05) is 32.9 Å². The molecule has 2 aromatic carbocycles. The third-order valence-corrected chi connectivity index (χ3v) is 7.86. The number of benzene rings is 2. The fraction of sp³-hybridized carbons (Fsp3) is 0.581. The molecule has 2 aromatic rings. The highest BCUT2D eigenvalue weighted by atomic mass is 32.2. The van der Waals surface area contributed by atoms with E-state index < -0.39 is 12.1 Å². The number of thioether (sulfide) groups is 1. The number of aliphatic carboxylic acids is 1. The molecule has 224 valence electrons. The molecule has 0 unspecified atom stereocenters. The van der Waals surface area contributed by atoms with Crippen LogP contribution >= 0.6 is 11.8 Å². The van der Waals surface area contributed by atoms with Gasteiger partial charge in [0, 0.05) is 35.8 Å². The Bertz CT molecular complexity index is 964. The largest absolute Gasteiger partial charge is 0.508 e. The van der Waals surface area contributed by atoms with Crippen molar-refractivity contribution in [3.63, 3.8) is 0 Å². The average molecular weight is 578 g/mol. The number of phenols is 1. The zero-order valence-electron chi connectivity index (χ0n) is 23.7. The summed E-state index contributed by atoms with van der Waals surface area (Å²) in [6.45, 7) is 4.78. The topological polar surface area (TPSA) is 128 Å². The number of aliphatic hydroxyl groups is 2. The lowest BCUT2D eigenvalue weighted by Crippen LogP contribution is -2.22. The number of ether oxygens (including phenoxy) is 2. The van der Waals surface area contributed by atoms with Gasteiger partial charge in [-0.25, -0.2) is 0 Å². The van der Waals surface area contributed by atoms with Gasteiger partial charge in [0.25, 0.3) is 5.97 Å². The SMILES string of the molecule is CC(=O)O.OCc1cc([C@@H](O)CNCCCCCCOCCOCc2cccc(SC3CCCC3)c2)ccc1O. The fourth-order valence-corrected chi connectivity index (χ4v) is 5.75. The summed E-state index contributed by atoms with van der Waals surface area (Å²) < 4.78 is 11.5. The second kappa shape index (κ2) is 20.7. The van der Waals surface area contributed by atoms with Crippen LogP contribution in [0.4, 0.5) is 0 Å². The van der Waals surface area contributed by atoms with Gasteiger partial charge >= 0.3 is 0 Å². The highest BCUT2D eigenvalue weighted by Gasteiger charge is 2.16. The molecule has 40 heavy (non-hydrogen) atoms. The highest BCUT2D eigenvalue weighted by molar-refractivity contribution is 8.00. The van der Waals surface area contributed by atoms with Crippen LogP contribution in [-0.4, -0.2) is 64.6 Å². The first kappa shape index (κ1) is 34.1. The van der Waals surface area contributed by atoms with Gasteiger partial charge in [0.2, 0.25) is 0 Å². The Kier molecular flexibility index (Phi) is 17.6. The molecule has 1 aliphatic rings. The molecule has 1 aliphatic carbocycles. The maximum absolute atomic E-state index is 10.3. The Labute approximate surface area is 243 Å². The molecule has 0 heterocycles. The van der Waals surface area contributed by atoms with Crippen molar-refractivity contribution in [3.8, 4) is 5.75 Å². The van der Waals surface area contributed by atoms with E-state index in [4.69, 9.17) is 19.4 Å². The molecular formula is C31H47NO7S. The number of carboxylic acid groups (broad SMARTS) is 1. The quantitative estimate of drug-likeness (QED) is 0.147. The van der Waals surface area contributed by atoms with E-state index in [1.807, 2.05) is 11.8 Å². The first-order valence-electron chi connectivity index (χ1n) is 14.3. The molecule has 0 radical (unpaired) electrons. The monoisotopic (exact) mass is 577 g/mol. The maximum atomic E-state index is 10.3. The molecule has 0 amide bonds. The van der Waals surface area contributed by atoms with Gasteiger partial charge in [-0.2, -0.15) is 0 Å². The summed E-state index contributed by atoms with van der Waals surface area (Å²) >= 11 is 2.02. The van der Waals surface area contributed by atoms with Gasteiger partial charge in [0.1, 0.15) is 5.75 Å². The van der Waals surface area contributed by atoms with E-state index in [-0.39, 0.29) is 12.4 Å². The van der Waals surface area contributed by atoms with Crippen molar-refractivity contribution in [2.24, 2.45) is 0 Å². The van der Waals surface area contributed by atoms with Crippen LogP contribution < -0.4 is 5.32 Å². The van der Waals surface area contributed by atoms with Gasteiger partial charge in [-0.3, -0.25) is 4.79 Å². The number of aromatic hydroxyl groups is 1. The summed E-state index contributed by atoms with van der Waals surface area (Å²) in [4.78, 5) is 10.4. The van der Waals surface area contributed by atoms with E-state index in [2.05, 4.69) is 29.6 Å². The van der Waals surface area contributed by atoms with E-state index in [0.29, 0.717) is 37.5 Å². The molecule has 3 rings (SSSR count). The van der Waals surface area contributed by atoms with Crippen LogP contribution in [-0.2, 0) is 27.5 Å². The Balaban J connectivity index is 0.00000131. The summed E-state index contributed by atoms with van der Waals surface area (Å²) in [5.41, 5.74) is 2.36. The first-order chi connectivity index (χ1) is 19.4. The van der Waals surface area contributed by atoms with Crippen molar-refractivity contribution >= 4 is 17.7 Å². The standard InChI is InChI=1S/C29H43NO5S.C2H4O2/c31-21-25-19-24(12-13-28(25)32)29(33)20-30-14-5-1-2-6-15-34-16-17-35-22-23-8-7-11-27(18-23)36-26-9-3-4-10-26;1-2(3)4/h7-8,11-13,18-19,26,29-33H,1-6,9-10,14-17,20-22H2;1H3,(H,3,4)/t29-;/m0./s1. The molecule has 5 N–H and O–H groups in total. The zero-order chi connectivity index (χ0) is 29.0. The van der Waals surface area contributed by atoms with Crippen LogP contribution in [0, 0.1) is 0 Å². The molecule has 0 aliphatic heterocycles. The molecule has 0 aromatic heterocycles. The van der Waals surface area contributed by atoms with Crippen LogP contribution in [0.1, 0.15) is 81.1 Å². The summed E-state index contributed by atoms with van der Waals surface area (Å²) in [7, 11) is 0. The molecule has 1 saturated carbocycles. The van der Waals surface area contributed by atoms with Gasteiger partial charge in [0.05, 0.1) is 32.5 Å². The third-order valence-electron chi connectivity index (χ3n) is 6.53. The molecule has 9 heteroatoms. The number of hydrogen-bond donors (Lipinski definition) is 5. The van der Waals surface area contributed by atoms with Crippen LogP contribution in [0.3, 0.4) is 0 Å². The van der Waals surface area contributed by atoms with E-state index in [9.17, 15) is 15.3 Å². The molecule has 8 nitrogen and oxygen atoms in total. The lowest BCUT2D eigenvalue weighted by molar-refractivity contribution is -0.134. The summed E-state index contributed by atoms with van der Waals surface area (Å²) in [6, 6.07) is 13.6. The van der Waals surface area contributed by atoms with Gasteiger partial charge in [-0.05, 0) is 67.6 Å². The minimum Gasteiger partial charge on any atom is -0.508 e. The number of rotatable bonds is 18. The second-order valence-corrected chi connectivity index (χ2v) is 11.4. The predicted molar refractivity (Wildman–Crippen MR) is 159 cm³/mol. The minimum absolute atomic E-state index is 0.0485. The van der Waals surface area contributed by atoms with Crippen molar-refractivity contribution in [2.45, 2.75) is 87.8 Å². The first-order valence-corrected chi connectivity index (χ1v) is 15.2. The Morgan fingerprint density at radius 1 is 1.02 bits per heavy atom. The Morgan fingerprint density at radius 3 is 2.50 bits per heavy atom. The van der Waals surface area contributed by atoms with Crippen LogP contribution in [0.25, 0.3) is 0 Å². The Hall–Kier alpha value is -2.14. The third kappa shape index (κ3) is 15.0. The predicted octanol–water partition coefficient (Wildman–Crippen LogP) is 5.43. The fourth-order valence-electron chi connectivity index (χ4n) is 4.42. The number of unbranched alkanes of at least 4 members (excludes halogenated alkanes) is 3. The number of nitrogens with one attached hydrogen (secondary N) is 1. The van der Waals surface area contributed by atoms with Crippen molar-refractivity contribution in [3.05, 3.63) is 59.2 Å². The molecule has 1 atom stereocenters. The number of carbonyl (C=O) groups is 1. The van der Waals surface area contributed by atoms with Gasteiger partial charge < -0.3 is 35.2 Å². The van der Waals surface area contributed by atoms with Crippen LogP contribution in [0.15, 0.2) is 47.4 Å². The lowest BCUT2D eigenvalue weighted by atomic mass is 10.1. The normalized spacial score (nSPS) is 14.1. The molecule has 1 fully saturated rings. The highest BCUT2D eigenvalue weighted by Crippen LogP contribution is 2.34.